The van der Waals surface area contributed by atoms with E-state index in [1.54, 1.807) is 6.07 Å². The second-order valence-electron chi connectivity index (χ2n) is 4.06. The average Bonchev–Trinajstić information content (AvgIpc) is 2.95. The summed E-state index contributed by atoms with van der Waals surface area (Å²) in [6.45, 7) is 0. The maximum atomic E-state index is 12.4. The van der Waals surface area contributed by atoms with Crippen LogP contribution in [0.2, 0.25) is 5.15 Å². The van der Waals surface area contributed by atoms with Gasteiger partial charge in [0.15, 0.2) is 5.65 Å². The highest BCUT2D eigenvalue weighted by Crippen LogP contribution is 2.43. The minimum Gasteiger partial charge on any atom is -0.203 e. The summed E-state index contributed by atoms with van der Waals surface area (Å²) >= 11 is 6.03. The minimum atomic E-state index is -4.55. The lowest BCUT2D eigenvalue weighted by molar-refractivity contribution is -0.144. The molecule has 0 aliphatic heterocycles. The number of fused-ring (bicyclic) bond motifs is 1. The molecule has 2 aromatic rings. The highest BCUT2D eigenvalue weighted by Gasteiger charge is 2.37. The molecule has 0 bridgehead atoms. The van der Waals surface area contributed by atoms with Crippen molar-refractivity contribution in [3.05, 3.63) is 28.7 Å². The van der Waals surface area contributed by atoms with Gasteiger partial charge in [-0.15, -0.1) is 5.10 Å². The third-order valence-corrected chi connectivity index (χ3v) is 3.12. The zero-order chi connectivity index (χ0) is 12.2. The van der Waals surface area contributed by atoms with Crippen molar-refractivity contribution in [2.45, 2.75) is 24.9 Å². The maximum Gasteiger partial charge on any atom is 0.453 e. The normalized spacial score (nSPS) is 16.7. The number of nitrogens with zero attached hydrogens (tertiary/aromatic N) is 3. The first-order chi connectivity index (χ1) is 7.97. The van der Waals surface area contributed by atoms with Gasteiger partial charge in [0, 0.05) is 0 Å². The van der Waals surface area contributed by atoms with E-state index in [0.29, 0.717) is 5.92 Å². The molecule has 3 rings (SSSR count). The fourth-order valence-corrected chi connectivity index (χ4v) is 2.09. The number of hydrogen-bond acceptors (Lipinski definition) is 2. The molecule has 0 atom stereocenters. The third kappa shape index (κ3) is 1.76. The lowest BCUT2D eigenvalue weighted by atomic mass is 10.2. The minimum absolute atomic E-state index is 0.117. The molecule has 0 aromatic carbocycles. The second-order valence-corrected chi connectivity index (χ2v) is 4.41. The van der Waals surface area contributed by atoms with Crippen LogP contribution in [0.4, 0.5) is 13.2 Å². The first kappa shape index (κ1) is 10.8. The molecule has 7 heteroatoms. The Balaban J connectivity index is 2.19. The van der Waals surface area contributed by atoms with Crippen LogP contribution < -0.4 is 0 Å². The van der Waals surface area contributed by atoms with Gasteiger partial charge in [0.1, 0.15) is 5.15 Å². The molecule has 1 aliphatic carbocycles. The monoisotopic (exact) mass is 261 g/mol. The smallest absolute Gasteiger partial charge is 0.203 e. The number of halogens is 4. The predicted octanol–water partition coefficient (Wildman–Crippen LogP) is 3.28. The van der Waals surface area contributed by atoms with Gasteiger partial charge in [0.2, 0.25) is 0 Å². The molecule has 0 unspecified atom stereocenters. The van der Waals surface area contributed by atoms with E-state index in [-0.39, 0.29) is 10.8 Å². The second kappa shape index (κ2) is 3.35. The molecule has 1 saturated carbocycles. The van der Waals surface area contributed by atoms with Crippen molar-refractivity contribution in [3.8, 4) is 0 Å². The van der Waals surface area contributed by atoms with Crippen LogP contribution in [0.3, 0.4) is 0 Å². The molecule has 1 aliphatic rings. The molecule has 0 spiro atoms. The molecule has 0 radical (unpaired) electrons. The van der Waals surface area contributed by atoms with Crippen molar-refractivity contribution in [1.82, 2.24) is 14.6 Å². The fourth-order valence-electron chi connectivity index (χ4n) is 1.75. The quantitative estimate of drug-likeness (QED) is 0.738. The number of alkyl halides is 3. The molecule has 1 fully saturated rings. The number of aromatic nitrogens is 3. The molecule has 2 heterocycles. The van der Waals surface area contributed by atoms with Gasteiger partial charge < -0.3 is 0 Å². The Morgan fingerprint density at radius 3 is 2.59 bits per heavy atom. The van der Waals surface area contributed by atoms with Gasteiger partial charge in [-0.05, 0) is 30.4 Å². The van der Waals surface area contributed by atoms with Gasteiger partial charge in [-0.3, -0.25) is 0 Å². The SMILES string of the molecule is FC(F)(F)c1nc2ccc(C3CC3)c(Cl)n2n1. The first-order valence-electron chi connectivity index (χ1n) is 5.09. The van der Waals surface area contributed by atoms with Crippen molar-refractivity contribution in [1.29, 1.82) is 0 Å². The van der Waals surface area contributed by atoms with E-state index in [0.717, 1.165) is 22.9 Å². The highest BCUT2D eigenvalue weighted by atomic mass is 35.5. The van der Waals surface area contributed by atoms with Crippen LogP contribution in [0.5, 0.6) is 0 Å². The summed E-state index contributed by atoms with van der Waals surface area (Å²) in [7, 11) is 0. The maximum absolute atomic E-state index is 12.4. The van der Waals surface area contributed by atoms with E-state index in [1.807, 2.05) is 0 Å². The Kier molecular flexibility index (Phi) is 2.13. The van der Waals surface area contributed by atoms with Crippen LogP contribution >= 0.6 is 11.6 Å². The fraction of sp³-hybridized carbons (Fsp3) is 0.400. The molecule has 3 nitrogen and oxygen atoms in total. The third-order valence-electron chi connectivity index (χ3n) is 2.74. The predicted molar refractivity (Wildman–Crippen MR) is 55.0 cm³/mol. The largest absolute Gasteiger partial charge is 0.453 e. The topological polar surface area (TPSA) is 30.2 Å². The molecule has 0 saturated heterocycles. The summed E-state index contributed by atoms with van der Waals surface area (Å²) in [5.41, 5.74) is 0.963. The van der Waals surface area contributed by atoms with Gasteiger partial charge in [-0.1, -0.05) is 17.7 Å². The summed E-state index contributed by atoms with van der Waals surface area (Å²) < 4.78 is 38.4. The number of rotatable bonds is 1. The summed E-state index contributed by atoms with van der Waals surface area (Å²) in [6, 6.07) is 3.24. The zero-order valence-corrected chi connectivity index (χ0v) is 9.26. The van der Waals surface area contributed by atoms with E-state index >= 15 is 0 Å². The van der Waals surface area contributed by atoms with E-state index in [2.05, 4.69) is 10.1 Å². The first-order valence-corrected chi connectivity index (χ1v) is 5.47. The lowest BCUT2D eigenvalue weighted by Crippen LogP contribution is -2.07. The van der Waals surface area contributed by atoms with Crippen LogP contribution in [0.1, 0.15) is 30.1 Å². The Morgan fingerprint density at radius 2 is 2.00 bits per heavy atom. The van der Waals surface area contributed by atoms with Crippen molar-refractivity contribution in [3.63, 3.8) is 0 Å². The summed E-state index contributed by atoms with van der Waals surface area (Å²) in [6.07, 6.45) is -2.51. The van der Waals surface area contributed by atoms with E-state index < -0.39 is 12.0 Å². The Labute approximate surface area is 99.2 Å². The van der Waals surface area contributed by atoms with Gasteiger partial charge in [-0.2, -0.15) is 13.2 Å². The molecule has 90 valence electrons. The Bertz CT molecular complexity index is 586. The van der Waals surface area contributed by atoms with E-state index in [1.165, 1.54) is 6.07 Å². The molecular weight excluding hydrogens is 255 g/mol. The number of hydrogen-bond donors (Lipinski definition) is 0. The van der Waals surface area contributed by atoms with Gasteiger partial charge in [-0.25, -0.2) is 9.50 Å². The van der Waals surface area contributed by atoms with Gasteiger partial charge in [0.05, 0.1) is 0 Å². The summed E-state index contributed by atoms with van der Waals surface area (Å²) in [5.74, 6) is -0.808. The van der Waals surface area contributed by atoms with Crippen molar-refractivity contribution in [2.24, 2.45) is 0 Å². The highest BCUT2D eigenvalue weighted by molar-refractivity contribution is 6.30. The zero-order valence-electron chi connectivity index (χ0n) is 8.50. The molecular formula is C10H7ClF3N3. The number of pyridine rings is 1. The van der Waals surface area contributed by atoms with Crippen LogP contribution in [-0.2, 0) is 6.18 Å². The van der Waals surface area contributed by atoms with Crippen LogP contribution in [0.25, 0.3) is 5.65 Å². The van der Waals surface area contributed by atoms with Gasteiger partial charge >= 0.3 is 6.18 Å². The molecule has 17 heavy (non-hydrogen) atoms. The van der Waals surface area contributed by atoms with Crippen molar-refractivity contribution in [2.75, 3.05) is 0 Å². The van der Waals surface area contributed by atoms with Crippen LogP contribution in [0.15, 0.2) is 12.1 Å². The Morgan fingerprint density at radius 1 is 1.29 bits per heavy atom. The van der Waals surface area contributed by atoms with Crippen molar-refractivity contribution < 1.29 is 13.2 Å². The van der Waals surface area contributed by atoms with Crippen LogP contribution in [-0.4, -0.2) is 14.6 Å². The molecule has 0 N–H and O–H groups in total. The summed E-state index contributed by atoms with van der Waals surface area (Å²) in [4.78, 5) is 3.41. The van der Waals surface area contributed by atoms with Crippen LogP contribution in [0, 0.1) is 0 Å². The van der Waals surface area contributed by atoms with E-state index in [4.69, 9.17) is 11.6 Å². The van der Waals surface area contributed by atoms with Gasteiger partial charge in [0.25, 0.3) is 5.82 Å². The molecule has 0 amide bonds. The molecule has 2 aromatic heterocycles. The van der Waals surface area contributed by atoms with E-state index in [9.17, 15) is 13.2 Å². The lowest BCUT2D eigenvalue weighted by Gasteiger charge is -2.02. The van der Waals surface area contributed by atoms with Crippen molar-refractivity contribution >= 4 is 17.2 Å². The Hall–Kier alpha value is -1.30. The average molecular weight is 262 g/mol. The standard InChI is InChI=1S/C10H7ClF3N3/c11-8-6(5-1-2-5)3-4-7-15-9(10(12,13)14)16-17(7)8/h3-5H,1-2H2. The summed E-state index contributed by atoms with van der Waals surface area (Å²) in [5, 5.41) is 3.63.